The zero-order chi connectivity index (χ0) is 14.2. The Balaban J connectivity index is 2.63. The van der Waals surface area contributed by atoms with Crippen LogP contribution in [-0.2, 0) is 6.18 Å². The molecule has 1 aromatic carbocycles. The van der Waals surface area contributed by atoms with Gasteiger partial charge in [0.1, 0.15) is 4.47 Å². The van der Waals surface area contributed by atoms with Crippen LogP contribution in [0, 0.1) is 0 Å². The number of nitrogen functional groups attached to an aromatic ring is 1. The smallest absolute Gasteiger partial charge is 0.369 e. The van der Waals surface area contributed by atoms with Crippen LogP contribution in [0.2, 0.25) is 0 Å². The number of hydrogen-bond donors (Lipinski definition) is 2. The van der Waals surface area contributed by atoms with E-state index in [1.54, 1.807) is 0 Å². The molecule has 8 heteroatoms. The van der Waals surface area contributed by atoms with E-state index < -0.39 is 17.3 Å². The Morgan fingerprint density at radius 3 is 2.63 bits per heavy atom. The minimum atomic E-state index is -4.46. The summed E-state index contributed by atoms with van der Waals surface area (Å²) in [7, 11) is 0. The summed E-state index contributed by atoms with van der Waals surface area (Å²) in [5.74, 6) is -0.166. The van der Waals surface area contributed by atoms with E-state index in [2.05, 4.69) is 25.9 Å². The van der Waals surface area contributed by atoms with Crippen molar-refractivity contribution in [3.8, 4) is 11.3 Å². The predicted octanol–water partition coefficient (Wildman–Crippen LogP) is 2.80. The second kappa shape index (κ2) is 4.69. The molecule has 0 saturated carbocycles. The molecule has 100 valence electrons. The van der Waals surface area contributed by atoms with Crippen molar-refractivity contribution in [2.45, 2.75) is 6.18 Å². The van der Waals surface area contributed by atoms with Gasteiger partial charge in [0.25, 0.3) is 5.56 Å². The lowest BCUT2D eigenvalue weighted by Crippen LogP contribution is -2.13. The highest BCUT2D eigenvalue weighted by Crippen LogP contribution is 2.32. The predicted molar refractivity (Wildman–Crippen MR) is 67.4 cm³/mol. The Kier molecular flexibility index (Phi) is 3.36. The van der Waals surface area contributed by atoms with Gasteiger partial charge in [0.05, 0.1) is 11.3 Å². The van der Waals surface area contributed by atoms with Gasteiger partial charge in [-0.15, -0.1) is 0 Å². The molecule has 0 radical (unpaired) electrons. The third kappa shape index (κ3) is 2.78. The van der Waals surface area contributed by atoms with Crippen molar-refractivity contribution in [2.75, 3.05) is 5.73 Å². The van der Waals surface area contributed by atoms with Crippen molar-refractivity contribution in [3.63, 3.8) is 0 Å². The molecule has 3 N–H and O–H groups in total. The number of aromatic amines is 1. The third-order valence-electron chi connectivity index (χ3n) is 2.34. The molecule has 2 aromatic rings. The van der Waals surface area contributed by atoms with E-state index in [1.165, 1.54) is 12.1 Å². The second-order valence-corrected chi connectivity index (χ2v) is 4.49. The first kappa shape index (κ1) is 13.6. The molecule has 1 aromatic heterocycles. The lowest BCUT2D eigenvalue weighted by Gasteiger charge is -2.09. The van der Waals surface area contributed by atoms with Crippen molar-refractivity contribution in [3.05, 3.63) is 44.7 Å². The summed E-state index contributed by atoms with van der Waals surface area (Å²) >= 11 is 2.98. The molecule has 19 heavy (non-hydrogen) atoms. The molecular formula is C11H7BrF3N3O. The first-order chi connectivity index (χ1) is 8.79. The molecule has 1 heterocycles. The van der Waals surface area contributed by atoms with E-state index in [4.69, 9.17) is 5.73 Å². The van der Waals surface area contributed by atoms with Crippen LogP contribution in [0.15, 0.2) is 33.5 Å². The van der Waals surface area contributed by atoms with Gasteiger partial charge in [-0.3, -0.25) is 9.78 Å². The molecule has 0 aliphatic heterocycles. The molecule has 0 bridgehead atoms. The van der Waals surface area contributed by atoms with Crippen molar-refractivity contribution < 1.29 is 13.2 Å². The lowest BCUT2D eigenvalue weighted by molar-refractivity contribution is -0.137. The van der Waals surface area contributed by atoms with Crippen LogP contribution in [0.5, 0.6) is 0 Å². The Hall–Kier alpha value is -1.83. The van der Waals surface area contributed by atoms with Gasteiger partial charge in [0, 0.05) is 5.56 Å². The average molecular weight is 334 g/mol. The van der Waals surface area contributed by atoms with Crippen LogP contribution in [0.3, 0.4) is 0 Å². The summed E-state index contributed by atoms with van der Waals surface area (Å²) in [5, 5.41) is 0. The van der Waals surface area contributed by atoms with Crippen LogP contribution in [0.4, 0.5) is 19.1 Å². The number of halogens is 4. The zero-order valence-corrected chi connectivity index (χ0v) is 10.8. The van der Waals surface area contributed by atoms with Gasteiger partial charge < -0.3 is 5.73 Å². The normalized spacial score (nSPS) is 11.6. The molecule has 4 nitrogen and oxygen atoms in total. The lowest BCUT2D eigenvalue weighted by atomic mass is 10.1. The minimum absolute atomic E-state index is 0.0287. The number of benzene rings is 1. The standard InChI is InChI=1S/C11H7BrF3N3O/c12-7-8(17-10(16)18-9(7)19)5-2-1-3-6(4-5)11(13,14)15/h1-4H,(H3,16,17,18,19). The summed E-state index contributed by atoms with van der Waals surface area (Å²) in [5.41, 5.74) is 4.22. The summed E-state index contributed by atoms with van der Waals surface area (Å²) in [6, 6.07) is 4.50. The van der Waals surface area contributed by atoms with E-state index in [0.29, 0.717) is 0 Å². The molecule has 0 fully saturated rings. The van der Waals surface area contributed by atoms with Gasteiger partial charge >= 0.3 is 6.18 Å². The topological polar surface area (TPSA) is 71.8 Å². The molecule has 0 spiro atoms. The largest absolute Gasteiger partial charge is 0.416 e. The van der Waals surface area contributed by atoms with Gasteiger partial charge in [0.2, 0.25) is 5.95 Å². The highest BCUT2D eigenvalue weighted by Gasteiger charge is 2.30. The number of nitrogens with one attached hydrogen (secondary N) is 1. The Morgan fingerprint density at radius 1 is 1.32 bits per heavy atom. The number of anilines is 1. The maximum absolute atomic E-state index is 12.6. The van der Waals surface area contributed by atoms with Gasteiger partial charge in [-0.2, -0.15) is 13.2 Å². The Morgan fingerprint density at radius 2 is 2.00 bits per heavy atom. The maximum atomic E-state index is 12.6. The van der Waals surface area contributed by atoms with Crippen LogP contribution >= 0.6 is 15.9 Å². The fourth-order valence-corrected chi connectivity index (χ4v) is 1.93. The summed E-state index contributed by atoms with van der Waals surface area (Å²) in [4.78, 5) is 17.5. The summed E-state index contributed by atoms with van der Waals surface area (Å²) in [6.07, 6.45) is -4.46. The number of aromatic nitrogens is 2. The summed E-state index contributed by atoms with van der Waals surface area (Å²) < 4.78 is 37.9. The second-order valence-electron chi connectivity index (χ2n) is 3.69. The van der Waals surface area contributed by atoms with Gasteiger partial charge in [-0.1, -0.05) is 12.1 Å². The first-order valence-corrected chi connectivity index (χ1v) is 5.81. The fraction of sp³-hybridized carbons (Fsp3) is 0.0909. The van der Waals surface area contributed by atoms with Crippen molar-refractivity contribution in [2.24, 2.45) is 0 Å². The number of rotatable bonds is 1. The van der Waals surface area contributed by atoms with E-state index in [-0.39, 0.29) is 21.7 Å². The number of nitrogens with two attached hydrogens (primary N) is 1. The van der Waals surface area contributed by atoms with Crippen LogP contribution in [0.1, 0.15) is 5.56 Å². The Bertz CT molecular complexity index is 682. The molecule has 0 aliphatic rings. The molecular weight excluding hydrogens is 327 g/mol. The van der Waals surface area contributed by atoms with Crippen LogP contribution in [-0.4, -0.2) is 9.97 Å². The SMILES string of the molecule is Nc1nc(-c2cccc(C(F)(F)F)c2)c(Br)c(=O)[nH]1. The minimum Gasteiger partial charge on any atom is -0.369 e. The highest BCUT2D eigenvalue weighted by molar-refractivity contribution is 9.10. The monoisotopic (exact) mass is 333 g/mol. The van der Waals surface area contributed by atoms with Gasteiger partial charge in [0.15, 0.2) is 0 Å². The Labute approximate surface area is 113 Å². The van der Waals surface area contributed by atoms with Crippen molar-refractivity contribution in [1.82, 2.24) is 9.97 Å². The number of hydrogen-bond acceptors (Lipinski definition) is 3. The van der Waals surface area contributed by atoms with Crippen LogP contribution < -0.4 is 11.3 Å². The fourth-order valence-electron chi connectivity index (χ4n) is 1.51. The van der Waals surface area contributed by atoms with E-state index in [0.717, 1.165) is 12.1 Å². The molecule has 0 aliphatic carbocycles. The van der Waals surface area contributed by atoms with E-state index in [1.807, 2.05) is 0 Å². The molecule has 0 unspecified atom stereocenters. The third-order valence-corrected chi connectivity index (χ3v) is 3.08. The van der Waals surface area contributed by atoms with Crippen molar-refractivity contribution >= 4 is 21.9 Å². The van der Waals surface area contributed by atoms with Crippen molar-refractivity contribution in [1.29, 1.82) is 0 Å². The van der Waals surface area contributed by atoms with Crippen LogP contribution in [0.25, 0.3) is 11.3 Å². The van der Waals surface area contributed by atoms with Gasteiger partial charge in [-0.05, 0) is 28.1 Å². The average Bonchev–Trinajstić information content (AvgIpc) is 2.33. The number of alkyl halides is 3. The van der Waals surface area contributed by atoms with Gasteiger partial charge in [-0.25, -0.2) is 4.98 Å². The quantitative estimate of drug-likeness (QED) is 0.842. The molecule has 0 saturated heterocycles. The first-order valence-electron chi connectivity index (χ1n) is 5.02. The summed E-state index contributed by atoms with van der Waals surface area (Å²) in [6.45, 7) is 0. The highest BCUT2D eigenvalue weighted by atomic mass is 79.9. The maximum Gasteiger partial charge on any atom is 0.416 e. The molecule has 0 atom stereocenters. The van der Waals surface area contributed by atoms with E-state index in [9.17, 15) is 18.0 Å². The zero-order valence-electron chi connectivity index (χ0n) is 9.25. The number of nitrogens with zero attached hydrogens (tertiary/aromatic N) is 1. The number of H-pyrrole nitrogens is 1. The molecule has 2 rings (SSSR count). The molecule has 0 amide bonds. The van der Waals surface area contributed by atoms with E-state index >= 15 is 0 Å².